The quantitative estimate of drug-likeness (QED) is 0.720. The summed E-state index contributed by atoms with van der Waals surface area (Å²) in [5.74, 6) is 0.955. The molecule has 4 heteroatoms. The lowest BCUT2D eigenvalue weighted by atomic mass is 10.1. The zero-order chi connectivity index (χ0) is 15.8. The van der Waals surface area contributed by atoms with Crippen molar-refractivity contribution >= 4 is 29.3 Å². The van der Waals surface area contributed by atoms with Crippen LogP contribution in [-0.2, 0) is 0 Å². The fraction of sp³-hybridized carbons (Fsp3) is 0.278. The van der Waals surface area contributed by atoms with Gasteiger partial charge in [-0.3, -0.25) is 4.79 Å². The third kappa shape index (κ3) is 5.39. The molecule has 1 amide bonds. The van der Waals surface area contributed by atoms with E-state index < -0.39 is 0 Å². The molecule has 22 heavy (non-hydrogen) atoms. The Morgan fingerprint density at radius 2 is 1.82 bits per heavy atom. The van der Waals surface area contributed by atoms with Gasteiger partial charge in [0.05, 0.1) is 0 Å². The van der Waals surface area contributed by atoms with Crippen molar-refractivity contribution < 1.29 is 4.79 Å². The fourth-order valence-electron chi connectivity index (χ4n) is 2.08. The van der Waals surface area contributed by atoms with E-state index in [0.29, 0.717) is 10.6 Å². The Hall–Kier alpha value is -1.45. The van der Waals surface area contributed by atoms with Crippen molar-refractivity contribution in [1.29, 1.82) is 0 Å². The molecule has 0 heterocycles. The minimum atomic E-state index is -0.0340. The summed E-state index contributed by atoms with van der Waals surface area (Å²) in [4.78, 5) is 13.5. The summed E-state index contributed by atoms with van der Waals surface area (Å²) >= 11 is 7.66. The van der Waals surface area contributed by atoms with E-state index in [4.69, 9.17) is 11.6 Å². The molecular weight excluding hydrogens is 314 g/mol. The molecule has 2 rings (SSSR count). The summed E-state index contributed by atoms with van der Waals surface area (Å²) in [7, 11) is 0. The minimum absolute atomic E-state index is 0.0340. The summed E-state index contributed by atoms with van der Waals surface area (Å²) in [5.41, 5.74) is 0.651. The van der Waals surface area contributed by atoms with E-state index in [-0.39, 0.29) is 11.9 Å². The number of carbonyl (C=O) groups excluding carboxylic acids is 1. The van der Waals surface area contributed by atoms with Crippen molar-refractivity contribution in [3.63, 3.8) is 0 Å². The van der Waals surface area contributed by atoms with Crippen molar-refractivity contribution in [3.05, 3.63) is 65.2 Å². The number of nitrogens with one attached hydrogen (secondary N) is 1. The van der Waals surface area contributed by atoms with Gasteiger partial charge in [-0.15, -0.1) is 11.8 Å². The van der Waals surface area contributed by atoms with Gasteiger partial charge in [-0.1, -0.05) is 36.7 Å². The number of thioether (sulfide) groups is 1. The highest BCUT2D eigenvalue weighted by atomic mass is 35.5. The summed E-state index contributed by atoms with van der Waals surface area (Å²) in [6, 6.07) is 17.5. The first kappa shape index (κ1) is 16.9. The molecule has 0 bridgehead atoms. The van der Waals surface area contributed by atoms with Gasteiger partial charge in [0.1, 0.15) is 0 Å². The predicted octanol–water partition coefficient (Wildman–Crippen LogP) is 5.03. The summed E-state index contributed by atoms with van der Waals surface area (Å²) in [5, 5.41) is 3.73. The number of hydrogen-bond donors (Lipinski definition) is 1. The molecule has 2 nitrogen and oxygen atoms in total. The number of carbonyl (C=O) groups is 1. The van der Waals surface area contributed by atoms with Gasteiger partial charge in [-0.2, -0.15) is 0 Å². The molecule has 1 N–H and O–H groups in total. The Labute approximate surface area is 141 Å². The first-order valence-corrected chi connectivity index (χ1v) is 8.79. The monoisotopic (exact) mass is 333 g/mol. The van der Waals surface area contributed by atoms with Crippen molar-refractivity contribution in [3.8, 4) is 0 Å². The topological polar surface area (TPSA) is 29.1 Å². The molecule has 0 saturated heterocycles. The molecule has 0 radical (unpaired) electrons. The first-order valence-electron chi connectivity index (χ1n) is 7.43. The van der Waals surface area contributed by atoms with E-state index in [9.17, 15) is 4.79 Å². The molecule has 0 unspecified atom stereocenters. The molecule has 2 aromatic carbocycles. The number of benzene rings is 2. The number of rotatable bonds is 7. The molecule has 116 valence electrons. The Morgan fingerprint density at radius 3 is 2.45 bits per heavy atom. The minimum Gasteiger partial charge on any atom is -0.349 e. The van der Waals surface area contributed by atoms with Gasteiger partial charge in [-0.25, -0.2) is 0 Å². The third-order valence-corrected chi connectivity index (χ3v) is 4.71. The third-order valence-electron chi connectivity index (χ3n) is 3.41. The Kier molecular flexibility index (Phi) is 6.81. The van der Waals surface area contributed by atoms with Gasteiger partial charge >= 0.3 is 0 Å². The molecule has 1 atom stereocenters. The number of amides is 1. The normalized spacial score (nSPS) is 11.9. The lowest BCUT2D eigenvalue weighted by Crippen LogP contribution is -2.34. The van der Waals surface area contributed by atoms with Crippen LogP contribution in [0.25, 0.3) is 0 Å². The van der Waals surface area contributed by atoms with Crippen LogP contribution in [0.15, 0.2) is 59.5 Å². The van der Waals surface area contributed by atoms with E-state index in [1.807, 2.05) is 30.0 Å². The van der Waals surface area contributed by atoms with Gasteiger partial charge < -0.3 is 5.32 Å². The Bertz CT molecular complexity index is 586. The van der Waals surface area contributed by atoms with Gasteiger partial charge in [-0.05, 0) is 55.0 Å². The number of halogens is 1. The van der Waals surface area contributed by atoms with E-state index in [0.717, 1.165) is 18.6 Å². The predicted molar refractivity (Wildman–Crippen MR) is 94.8 cm³/mol. The molecular formula is C18H20ClNOS. The maximum Gasteiger partial charge on any atom is 0.251 e. The molecule has 0 saturated carbocycles. The second-order valence-corrected chi connectivity index (χ2v) is 6.64. The highest BCUT2D eigenvalue weighted by Gasteiger charge is 2.12. The second-order valence-electron chi connectivity index (χ2n) is 5.04. The average molecular weight is 334 g/mol. The Balaban J connectivity index is 1.81. The van der Waals surface area contributed by atoms with Crippen LogP contribution in [0.4, 0.5) is 0 Å². The molecule has 0 fully saturated rings. The van der Waals surface area contributed by atoms with E-state index >= 15 is 0 Å². The van der Waals surface area contributed by atoms with Gasteiger partial charge in [0, 0.05) is 21.5 Å². The van der Waals surface area contributed by atoms with Crippen LogP contribution in [0.3, 0.4) is 0 Å². The standard InChI is InChI=1S/C18H20ClNOS/c1-2-16(12-13-22-17-6-4-3-5-7-17)20-18(21)14-8-10-15(19)11-9-14/h3-11,16H,2,12-13H2,1H3,(H,20,21)/t16-/m1/s1. The molecule has 0 aliphatic carbocycles. The van der Waals surface area contributed by atoms with Crippen molar-refractivity contribution in [2.24, 2.45) is 0 Å². The van der Waals surface area contributed by atoms with Gasteiger partial charge in [0.25, 0.3) is 5.91 Å². The van der Waals surface area contributed by atoms with Crippen LogP contribution in [0.5, 0.6) is 0 Å². The van der Waals surface area contributed by atoms with Crippen LogP contribution in [0.2, 0.25) is 5.02 Å². The average Bonchev–Trinajstić information content (AvgIpc) is 2.55. The van der Waals surface area contributed by atoms with E-state index in [2.05, 4.69) is 24.4 Å². The van der Waals surface area contributed by atoms with Crippen LogP contribution in [-0.4, -0.2) is 17.7 Å². The van der Waals surface area contributed by atoms with Crippen molar-refractivity contribution in [1.82, 2.24) is 5.32 Å². The molecule has 0 aliphatic rings. The van der Waals surface area contributed by atoms with Crippen molar-refractivity contribution in [2.45, 2.75) is 30.7 Å². The maximum absolute atomic E-state index is 12.2. The zero-order valence-electron chi connectivity index (χ0n) is 12.6. The van der Waals surface area contributed by atoms with Crippen molar-refractivity contribution in [2.75, 3.05) is 5.75 Å². The highest BCUT2D eigenvalue weighted by molar-refractivity contribution is 7.99. The van der Waals surface area contributed by atoms with E-state index in [1.165, 1.54) is 4.90 Å². The molecule has 0 spiro atoms. The van der Waals surface area contributed by atoms with E-state index in [1.54, 1.807) is 24.3 Å². The Morgan fingerprint density at radius 1 is 1.14 bits per heavy atom. The largest absolute Gasteiger partial charge is 0.349 e. The summed E-state index contributed by atoms with van der Waals surface area (Å²) in [6.07, 6.45) is 1.88. The molecule has 2 aromatic rings. The smallest absolute Gasteiger partial charge is 0.251 e. The second kappa shape index (κ2) is 8.86. The van der Waals surface area contributed by atoms with Crippen LogP contribution in [0.1, 0.15) is 30.1 Å². The fourth-order valence-corrected chi connectivity index (χ4v) is 3.20. The van der Waals surface area contributed by atoms with Gasteiger partial charge in [0.15, 0.2) is 0 Å². The lowest BCUT2D eigenvalue weighted by molar-refractivity contribution is 0.0935. The van der Waals surface area contributed by atoms with Crippen LogP contribution >= 0.6 is 23.4 Å². The summed E-state index contributed by atoms with van der Waals surface area (Å²) in [6.45, 7) is 2.10. The molecule has 0 aromatic heterocycles. The lowest BCUT2D eigenvalue weighted by Gasteiger charge is -2.17. The maximum atomic E-state index is 12.2. The highest BCUT2D eigenvalue weighted by Crippen LogP contribution is 2.19. The SMILES string of the molecule is CC[C@H](CCSc1ccccc1)NC(=O)c1ccc(Cl)cc1. The zero-order valence-corrected chi connectivity index (χ0v) is 14.2. The van der Waals surface area contributed by atoms with Crippen LogP contribution < -0.4 is 5.32 Å². The van der Waals surface area contributed by atoms with Crippen LogP contribution in [0, 0.1) is 0 Å². The van der Waals surface area contributed by atoms with Gasteiger partial charge in [0.2, 0.25) is 0 Å². The first-order chi connectivity index (χ1) is 10.7. The molecule has 0 aliphatic heterocycles. The number of hydrogen-bond acceptors (Lipinski definition) is 2. The summed E-state index contributed by atoms with van der Waals surface area (Å²) < 4.78 is 0.